The van der Waals surface area contributed by atoms with Crippen molar-refractivity contribution in [2.45, 2.75) is 53.0 Å². The minimum Gasteiger partial charge on any atom is -0.481 e. The fourth-order valence-electron chi connectivity index (χ4n) is 2.54. The molecule has 1 atom stereocenters. The van der Waals surface area contributed by atoms with Crippen molar-refractivity contribution in [2.75, 3.05) is 32.7 Å². The number of aliphatic carboxylic acids is 1. The van der Waals surface area contributed by atoms with Crippen LogP contribution in [0.4, 0.5) is 0 Å². The van der Waals surface area contributed by atoms with Crippen LogP contribution < -0.4 is 0 Å². The van der Waals surface area contributed by atoms with Crippen LogP contribution in [0.5, 0.6) is 0 Å². The third kappa shape index (κ3) is 5.11. The third-order valence-corrected chi connectivity index (χ3v) is 4.48. The molecule has 0 spiro atoms. The van der Waals surface area contributed by atoms with Crippen molar-refractivity contribution in [3.63, 3.8) is 0 Å². The average Bonchev–Trinajstić information content (AvgIpc) is 2.38. The van der Waals surface area contributed by atoms with E-state index in [0.717, 1.165) is 45.6 Å². The molecule has 1 N–H and O–H groups in total. The molecule has 19 heavy (non-hydrogen) atoms. The molecule has 0 bridgehead atoms. The molecule has 1 heterocycles. The van der Waals surface area contributed by atoms with E-state index in [1.807, 2.05) is 13.8 Å². The minimum atomic E-state index is -0.686. The molecule has 4 nitrogen and oxygen atoms in total. The monoisotopic (exact) mass is 270 g/mol. The number of nitrogens with zero attached hydrogens (tertiary/aromatic N) is 2. The summed E-state index contributed by atoms with van der Waals surface area (Å²) < 4.78 is 0. The van der Waals surface area contributed by atoms with E-state index in [1.165, 1.54) is 6.42 Å². The van der Waals surface area contributed by atoms with Gasteiger partial charge in [0.25, 0.3) is 0 Å². The molecule has 1 fully saturated rings. The zero-order chi connectivity index (χ0) is 14.5. The molecule has 0 radical (unpaired) electrons. The SMILES string of the molecule is CCC(C)N1CCN(CCCC(C)(C)C(=O)O)CC1. The van der Waals surface area contributed by atoms with Gasteiger partial charge in [-0.25, -0.2) is 0 Å². The van der Waals surface area contributed by atoms with Crippen molar-refractivity contribution in [3.05, 3.63) is 0 Å². The summed E-state index contributed by atoms with van der Waals surface area (Å²) in [6.45, 7) is 13.7. The number of hydrogen-bond donors (Lipinski definition) is 1. The first-order valence-corrected chi connectivity index (χ1v) is 7.56. The van der Waals surface area contributed by atoms with E-state index >= 15 is 0 Å². The lowest BCUT2D eigenvalue weighted by atomic mass is 9.88. The summed E-state index contributed by atoms with van der Waals surface area (Å²) >= 11 is 0. The van der Waals surface area contributed by atoms with Crippen molar-refractivity contribution < 1.29 is 9.90 Å². The van der Waals surface area contributed by atoms with E-state index < -0.39 is 11.4 Å². The summed E-state index contributed by atoms with van der Waals surface area (Å²) in [6, 6.07) is 0.688. The molecule has 0 saturated carbocycles. The second-order valence-electron chi connectivity index (χ2n) is 6.43. The van der Waals surface area contributed by atoms with Gasteiger partial charge in [0, 0.05) is 32.2 Å². The van der Waals surface area contributed by atoms with Gasteiger partial charge in [0.05, 0.1) is 5.41 Å². The van der Waals surface area contributed by atoms with Crippen LogP contribution >= 0.6 is 0 Å². The van der Waals surface area contributed by atoms with Crippen molar-refractivity contribution in [3.8, 4) is 0 Å². The first-order chi connectivity index (χ1) is 8.86. The van der Waals surface area contributed by atoms with Crippen molar-refractivity contribution in [1.82, 2.24) is 9.80 Å². The van der Waals surface area contributed by atoms with E-state index in [9.17, 15) is 4.79 Å². The first kappa shape index (κ1) is 16.4. The average molecular weight is 270 g/mol. The highest BCUT2D eigenvalue weighted by Crippen LogP contribution is 2.22. The van der Waals surface area contributed by atoms with E-state index in [-0.39, 0.29) is 0 Å². The largest absolute Gasteiger partial charge is 0.481 e. The number of hydrogen-bond acceptors (Lipinski definition) is 3. The Balaban J connectivity index is 2.22. The third-order valence-electron chi connectivity index (χ3n) is 4.48. The van der Waals surface area contributed by atoms with Crippen LogP contribution in [-0.4, -0.2) is 59.6 Å². The molecule has 1 rings (SSSR count). The van der Waals surface area contributed by atoms with Gasteiger partial charge in [-0.15, -0.1) is 0 Å². The van der Waals surface area contributed by atoms with Gasteiger partial charge in [0.2, 0.25) is 0 Å². The van der Waals surface area contributed by atoms with Gasteiger partial charge in [-0.1, -0.05) is 6.92 Å². The Morgan fingerprint density at radius 2 is 1.84 bits per heavy atom. The standard InChI is InChI=1S/C15H30N2O2/c1-5-13(2)17-11-9-16(10-12-17)8-6-7-15(3,4)14(18)19/h13H,5-12H2,1-4H3,(H,18,19). The van der Waals surface area contributed by atoms with Gasteiger partial charge < -0.3 is 10.0 Å². The summed E-state index contributed by atoms with van der Waals surface area (Å²) in [7, 11) is 0. The highest BCUT2D eigenvalue weighted by Gasteiger charge is 2.27. The van der Waals surface area contributed by atoms with E-state index in [1.54, 1.807) is 0 Å². The lowest BCUT2D eigenvalue weighted by Crippen LogP contribution is -2.49. The fourth-order valence-corrected chi connectivity index (χ4v) is 2.54. The molecular formula is C15H30N2O2. The van der Waals surface area contributed by atoms with Gasteiger partial charge in [-0.05, 0) is 46.6 Å². The topological polar surface area (TPSA) is 43.8 Å². The molecular weight excluding hydrogens is 240 g/mol. The van der Waals surface area contributed by atoms with Crippen LogP contribution in [0.1, 0.15) is 47.0 Å². The summed E-state index contributed by atoms with van der Waals surface area (Å²) in [4.78, 5) is 16.1. The van der Waals surface area contributed by atoms with Crippen molar-refractivity contribution in [2.24, 2.45) is 5.41 Å². The van der Waals surface area contributed by atoms with Gasteiger partial charge in [-0.2, -0.15) is 0 Å². The molecule has 0 aromatic carbocycles. The van der Waals surface area contributed by atoms with Crippen LogP contribution in [0, 0.1) is 5.41 Å². The Morgan fingerprint density at radius 3 is 2.32 bits per heavy atom. The van der Waals surface area contributed by atoms with Crippen LogP contribution in [0.25, 0.3) is 0 Å². The zero-order valence-corrected chi connectivity index (χ0v) is 13.0. The Labute approximate surface area is 117 Å². The molecule has 4 heteroatoms. The Kier molecular flexibility index (Phi) is 6.27. The van der Waals surface area contributed by atoms with Crippen LogP contribution in [-0.2, 0) is 4.79 Å². The molecule has 112 valence electrons. The van der Waals surface area contributed by atoms with Gasteiger partial charge >= 0.3 is 5.97 Å². The summed E-state index contributed by atoms with van der Waals surface area (Å²) in [5.41, 5.74) is -0.585. The van der Waals surface area contributed by atoms with Gasteiger partial charge in [0.15, 0.2) is 0 Å². The number of carbonyl (C=O) groups is 1. The number of carboxylic acids is 1. The normalized spacial score (nSPS) is 20.4. The molecule has 1 aliphatic rings. The van der Waals surface area contributed by atoms with Crippen molar-refractivity contribution >= 4 is 5.97 Å². The van der Waals surface area contributed by atoms with Crippen molar-refractivity contribution in [1.29, 1.82) is 0 Å². The molecule has 0 aromatic heterocycles. The number of piperazine rings is 1. The predicted molar refractivity (Wildman–Crippen MR) is 78.4 cm³/mol. The molecule has 1 unspecified atom stereocenters. The highest BCUT2D eigenvalue weighted by atomic mass is 16.4. The zero-order valence-electron chi connectivity index (χ0n) is 13.0. The molecule has 1 saturated heterocycles. The van der Waals surface area contributed by atoms with Crippen LogP contribution in [0.2, 0.25) is 0 Å². The molecule has 1 aliphatic heterocycles. The predicted octanol–water partition coefficient (Wildman–Crippen LogP) is 2.29. The fraction of sp³-hybridized carbons (Fsp3) is 0.933. The van der Waals surface area contributed by atoms with Gasteiger partial charge in [-0.3, -0.25) is 9.69 Å². The lowest BCUT2D eigenvalue weighted by Gasteiger charge is -2.38. The number of rotatable bonds is 7. The Bertz CT molecular complexity index is 284. The lowest BCUT2D eigenvalue weighted by molar-refractivity contribution is -0.147. The Hall–Kier alpha value is -0.610. The van der Waals surface area contributed by atoms with E-state index in [0.29, 0.717) is 6.04 Å². The van der Waals surface area contributed by atoms with Gasteiger partial charge in [0.1, 0.15) is 0 Å². The number of carboxylic acid groups (broad SMARTS) is 1. The van der Waals surface area contributed by atoms with E-state index in [4.69, 9.17) is 5.11 Å². The maximum absolute atomic E-state index is 11.0. The summed E-state index contributed by atoms with van der Waals surface area (Å²) in [6.07, 6.45) is 2.95. The second-order valence-corrected chi connectivity index (χ2v) is 6.43. The summed E-state index contributed by atoms with van der Waals surface area (Å²) in [5, 5.41) is 9.08. The maximum atomic E-state index is 11.0. The maximum Gasteiger partial charge on any atom is 0.309 e. The Morgan fingerprint density at radius 1 is 1.26 bits per heavy atom. The molecule has 0 aromatic rings. The quantitative estimate of drug-likeness (QED) is 0.771. The van der Waals surface area contributed by atoms with Crippen LogP contribution in [0.15, 0.2) is 0 Å². The van der Waals surface area contributed by atoms with E-state index in [2.05, 4.69) is 23.6 Å². The summed E-state index contributed by atoms with van der Waals surface area (Å²) in [5.74, 6) is -0.686. The first-order valence-electron chi connectivity index (χ1n) is 7.56. The highest BCUT2D eigenvalue weighted by molar-refractivity contribution is 5.73. The molecule has 0 aliphatic carbocycles. The van der Waals surface area contributed by atoms with Crippen LogP contribution in [0.3, 0.4) is 0 Å². The smallest absolute Gasteiger partial charge is 0.309 e. The minimum absolute atomic E-state index is 0.585. The second kappa shape index (κ2) is 7.25. The molecule has 0 amide bonds.